The zero-order chi connectivity index (χ0) is 30.4. The molecule has 0 saturated carbocycles. The molecule has 41 heavy (non-hydrogen) atoms. The number of ether oxygens (including phenoxy) is 6. The summed E-state index contributed by atoms with van der Waals surface area (Å²) in [5, 5.41) is 33.7. The highest BCUT2D eigenvalue weighted by molar-refractivity contribution is 9.11. The number of halogens is 1. The Balaban J connectivity index is 1.81. The largest absolute Gasteiger partial charge is 0.459 e. The van der Waals surface area contributed by atoms with Crippen LogP contribution in [0, 0.1) is 11.8 Å². The molecule has 3 aliphatic heterocycles. The number of aliphatic hydroxyl groups excluding tert-OH is 2. The van der Waals surface area contributed by atoms with Crippen LogP contribution < -0.4 is 0 Å². The predicted octanol–water partition coefficient (Wildman–Crippen LogP) is 3.74. The summed E-state index contributed by atoms with van der Waals surface area (Å²) in [5.74, 6) is -2.74. The molecule has 0 aromatic heterocycles. The fourth-order valence-electron chi connectivity index (χ4n) is 6.25. The van der Waals surface area contributed by atoms with Crippen molar-refractivity contribution in [3.8, 4) is 0 Å². The Labute approximate surface area is 252 Å². The first kappa shape index (κ1) is 34.6. The van der Waals surface area contributed by atoms with E-state index in [1.165, 1.54) is 14.2 Å². The van der Waals surface area contributed by atoms with Crippen LogP contribution in [0.2, 0.25) is 0 Å². The third-order valence-electron chi connectivity index (χ3n) is 8.81. The molecule has 3 heterocycles. The second kappa shape index (κ2) is 15.2. The number of carbonyl (C=O) groups is 1. The van der Waals surface area contributed by atoms with E-state index in [1.807, 2.05) is 45.9 Å². The minimum Gasteiger partial charge on any atom is -0.459 e. The van der Waals surface area contributed by atoms with Crippen molar-refractivity contribution in [3.63, 3.8) is 0 Å². The van der Waals surface area contributed by atoms with Gasteiger partial charge in [0.2, 0.25) is 0 Å². The Morgan fingerprint density at radius 2 is 1.78 bits per heavy atom. The van der Waals surface area contributed by atoms with Crippen LogP contribution in [0.4, 0.5) is 0 Å². The van der Waals surface area contributed by atoms with Gasteiger partial charge < -0.3 is 43.7 Å². The van der Waals surface area contributed by atoms with Gasteiger partial charge in [-0.3, -0.25) is 4.79 Å². The topological polar surface area (TPSA) is 133 Å². The number of esters is 1. The van der Waals surface area contributed by atoms with Crippen molar-refractivity contribution in [1.82, 2.24) is 0 Å². The summed E-state index contributed by atoms with van der Waals surface area (Å²) in [6.07, 6.45) is 2.49. The maximum atomic E-state index is 13.3. The normalized spacial score (nSPS) is 44.9. The quantitative estimate of drug-likeness (QED) is 0.264. The average molecular weight is 650 g/mol. The van der Waals surface area contributed by atoms with E-state index in [1.54, 1.807) is 4.99 Å². The van der Waals surface area contributed by atoms with Crippen LogP contribution >= 0.6 is 15.9 Å². The molecule has 0 unspecified atom stereocenters. The molecule has 0 amide bonds. The molecule has 10 nitrogen and oxygen atoms in total. The molecular formula is C30H49BrO10. The van der Waals surface area contributed by atoms with Crippen LogP contribution in [0.5, 0.6) is 0 Å². The van der Waals surface area contributed by atoms with Crippen LogP contribution in [-0.4, -0.2) is 95.9 Å². The summed E-state index contributed by atoms with van der Waals surface area (Å²) in [6.45, 7) is 7.57. The predicted molar refractivity (Wildman–Crippen MR) is 155 cm³/mol. The first-order valence-corrected chi connectivity index (χ1v) is 15.5. The molecule has 12 atom stereocenters. The van der Waals surface area contributed by atoms with Gasteiger partial charge in [-0.2, -0.15) is 0 Å². The summed E-state index contributed by atoms with van der Waals surface area (Å²) < 4.78 is 35.4. The molecule has 0 radical (unpaired) electrons. The molecule has 0 aromatic carbocycles. The van der Waals surface area contributed by atoms with Gasteiger partial charge in [-0.15, -0.1) is 0 Å². The summed E-state index contributed by atoms with van der Waals surface area (Å²) in [4.78, 5) is 15.0. The van der Waals surface area contributed by atoms with Gasteiger partial charge in [-0.1, -0.05) is 48.0 Å². The zero-order valence-corrected chi connectivity index (χ0v) is 26.7. The average Bonchev–Trinajstić information content (AvgIpc) is 2.90. The van der Waals surface area contributed by atoms with E-state index in [4.69, 9.17) is 28.4 Å². The van der Waals surface area contributed by atoms with Crippen molar-refractivity contribution in [3.05, 3.63) is 23.2 Å². The lowest BCUT2D eigenvalue weighted by molar-refractivity contribution is -0.346. The van der Waals surface area contributed by atoms with E-state index in [0.29, 0.717) is 32.1 Å². The molecule has 3 fully saturated rings. The van der Waals surface area contributed by atoms with Gasteiger partial charge in [0.15, 0.2) is 12.1 Å². The molecule has 0 spiro atoms. The Morgan fingerprint density at radius 1 is 1.07 bits per heavy atom. The fraction of sp³-hybridized carbons (Fsp3) is 0.833. The molecule has 3 saturated heterocycles. The van der Waals surface area contributed by atoms with Crippen LogP contribution in [0.15, 0.2) is 23.2 Å². The minimum atomic E-state index is -1.83. The Morgan fingerprint density at radius 3 is 2.44 bits per heavy atom. The summed E-state index contributed by atoms with van der Waals surface area (Å²) in [5.41, 5.74) is -0.927. The number of allylic oxidation sites excluding steroid dienone is 3. The van der Waals surface area contributed by atoms with Gasteiger partial charge in [0.1, 0.15) is 23.9 Å². The highest BCUT2D eigenvalue weighted by Crippen LogP contribution is 2.41. The lowest BCUT2D eigenvalue weighted by Gasteiger charge is -2.48. The third-order valence-corrected chi connectivity index (χ3v) is 9.12. The van der Waals surface area contributed by atoms with Crippen LogP contribution in [0.3, 0.4) is 0 Å². The Bertz CT molecular complexity index is 900. The van der Waals surface area contributed by atoms with Gasteiger partial charge in [0.05, 0.1) is 30.8 Å². The van der Waals surface area contributed by atoms with Gasteiger partial charge in [-0.25, -0.2) is 0 Å². The smallest absolute Gasteiger partial charge is 0.311 e. The van der Waals surface area contributed by atoms with E-state index < -0.39 is 72.8 Å². The van der Waals surface area contributed by atoms with Crippen molar-refractivity contribution < 1.29 is 48.5 Å². The molecule has 2 bridgehead atoms. The maximum absolute atomic E-state index is 13.3. The first-order chi connectivity index (χ1) is 19.3. The fourth-order valence-corrected chi connectivity index (χ4v) is 6.43. The Hall–Kier alpha value is -0.890. The van der Waals surface area contributed by atoms with E-state index in [-0.39, 0.29) is 18.3 Å². The summed E-state index contributed by atoms with van der Waals surface area (Å²) in [7, 11) is 3.03. The SMILES string of the molecule is CO[C@@H]1[C@@H](OC)[C@@H](O)[C@H](O[C@H]2C[C@@]3(O)CC(=O)O[C@](C)(CC/C=C/C=C/Br)C[C@@H](O)[C@H](C)CC[C@H](O3)[C@@H]2C)O[C@H]1C. The third kappa shape index (κ3) is 9.06. The number of cyclic esters (lactones) is 1. The van der Waals surface area contributed by atoms with Crippen LogP contribution in [0.1, 0.15) is 72.6 Å². The summed E-state index contributed by atoms with van der Waals surface area (Å²) >= 11 is 3.23. The van der Waals surface area contributed by atoms with E-state index in [2.05, 4.69) is 15.9 Å². The highest BCUT2D eigenvalue weighted by Gasteiger charge is 2.51. The van der Waals surface area contributed by atoms with Gasteiger partial charge >= 0.3 is 5.97 Å². The molecule has 0 aromatic rings. The van der Waals surface area contributed by atoms with Gasteiger partial charge in [0, 0.05) is 33.0 Å². The van der Waals surface area contributed by atoms with Gasteiger partial charge in [0.25, 0.3) is 0 Å². The van der Waals surface area contributed by atoms with Crippen molar-refractivity contribution in [2.45, 2.75) is 133 Å². The van der Waals surface area contributed by atoms with Crippen molar-refractivity contribution in [1.29, 1.82) is 0 Å². The molecule has 3 aliphatic rings. The van der Waals surface area contributed by atoms with E-state index in [0.717, 1.165) is 0 Å². The number of carbonyl (C=O) groups excluding carboxylic acids is 1. The molecule has 236 valence electrons. The molecule has 3 rings (SSSR count). The second-order valence-electron chi connectivity index (χ2n) is 12.2. The minimum absolute atomic E-state index is 0.0113. The maximum Gasteiger partial charge on any atom is 0.311 e. The molecule has 3 N–H and O–H groups in total. The first-order valence-electron chi connectivity index (χ1n) is 14.6. The lowest BCUT2D eigenvalue weighted by atomic mass is 9.81. The van der Waals surface area contributed by atoms with Crippen molar-refractivity contribution in [2.75, 3.05) is 14.2 Å². The summed E-state index contributed by atoms with van der Waals surface area (Å²) in [6, 6.07) is 0. The van der Waals surface area contributed by atoms with Crippen molar-refractivity contribution >= 4 is 21.9 Å². The molecular weight excluding hydrogens is 600 g/mol. The van der Waals surface area contributed by atoms with E-state index in [9.17, 15) is 20.1 Å². The standard InChI is InChI=1S/C30H49BrO10/c1-18-11-12-22-19(2)23(39-28-25(34)27(37-6)26(36-5)20(3)38-28)16-30(35,40-22)17-24(33)41-29(4,15-21(18)32)13-9-7-8-10-14-31/h7-8,10,14,18-23,25-28,32,34-35H,9,11-13,15-17H2,1-6H3/b8-7+,14-10+/t18-,19+,20+,21-,22+,23+,25-,26+,27+,28+,29-,30+/m1/s1. The molecule has 11 heteroatoms. The second-order valence-corrected chi connectivity index (χ2v) is 12.7. The molecule has 0 aliphatic carbocycles. The zero-order valence-electron chi connectivity index (χ0n) is 25.1. The number of hydrogen-bond acceptors (Lipinski definition) is 10. The van der Waals surface area contributed by atoms with Gasteiger partial charge in [-0.05, 0) is 50.4 Å². The number of hydrogen-bond donors (Lipinski definition) is 3. The van der Waals surface area contributed by atoms with Crippen LogP contribution in [-0.2, 0) is 33.2 Å². The Kier molecular flexibility index (Phi) is 12.8. The highest BCUT2D eigenvalue weighted by atomic mass is 79.9. The number of methoxy groups -OCH3 is 2. The van der Waals surface area contributed by atoms with Crippen molar-refractivity contribution in [2.24, 2.45) is 11.8 Å². The number of rotatable bonds is 8. The van der Waals surface area contributed by atoms with Crippen LogP contribution in [0.25, 0.3) is 0 Å². The monoisotopic (exact) mass is 648 g/mol. The number of fused-ring (bicyclic) bond motifs is 2. The van der Waals surface area contributed by atoms with E-state index >= 15 is 0 Å². The lowest BCUT2D eigenvalue weighted by Crippen LogP contribution is -2.61. The number of aliphatic hydroxyl groups is 3.